The first-order valence-electron chi connectivity index (χ1n) is 6.26. The van der Waals surface area contributed by atoms with E-state index in [0.29, 0.717) is 31.0 Å². The number of hydrogen-bond acceptors (Lipinski definition) is 4. The van der Waals surface area contributed by atoms with Crippen molar-refractivity contribution in [3.8, 4) is 5.75 Å². The molecule has 4 N–H and O–H groups in total. The van der Waals surface area contributed by atoms with Crippen LogP contribution in [0.1, 0.15) is 18.9 Å². The van der Waals surface area contributed by atoms with Gasteiger partial charge in [0.25, 0.3) is 0 Å². The smallest absolute Gasteiger partial charge is 0.244 e. The number of amides is 1. The fourth-order valence-corrected chi connectivity index (χ4v) is 1.48. The first kappa shape index (κ1) is 15.0. The van der Waals surface area contributed by atoms with Gasteiger partial charge in [-0.05, 0) is 37.1 Å². The minimum Gasteiger partial charge on any atom is -0.492 e. The SMILES string of the molecule is CCOc1ccc(/C=C\C(=O)NCCCO)cc1N. The lowest BCUT2D eigenvalue weighted by molar-refractivity contribution is -0.116. The summed E-state index contributed by atoms with van der Waals surface area (Å²) in [5, 5.41) is 11.3. The molecule has 0 radical (unpaired) electrons. The molecule has 0 saturated carbocycles. The molecule has 19 heavy (non-hydrogen) atoms. The highest BCUT2D eigenvalue weighted by atomic mass is 16.5. The van der Waals surface area contributed by atoms with E-state index in [1.54, 1.807) is 18.2 Å². The molecule has 0 atom stereocenters. The van der Waals surface area contributed by atoms with Crippen LogP contribution >= 0.6 is 0 Å². The third-order valence-electron chi connectivity index (χ3n) is 2.39. The van der Waals surface area contributed by atoms with E-state index in [4.69, 9.17) is 15.6 Å². The summed E-state index contributed by atoms with van der Waals surface area (Å²) in [6.45, 7) is 2.99. The van der Waals surface area contributed by atoms with Gasteiger partial charge in [0.2, 0.25) is 5.91 Å². The summed E-state index contributed by atoms with van der Waals surface area (Å²) in [6.07, 6.45) is 3.67. The van der Waals surface area contributed by atoms with Gasteiger partial charge in [0.1, 0.15) is 5.75 Å². The highest BCUT2D eigenvalue weighted by molar-refractivity contribution is 5.91. The third kappa shape index (κ3) is 5.44. The molecule has 0 aliphatic rings. The molecule has 1 amide bonds. The monoisotopic (exact) mass is 264 g/mol. The van der Waals surface area contributed by atoms with E-state index in [2.05, 4.69) is 5.32 Å². The Balaban J connectivity index is 2.57. The van der Waals surface area contributed by atoms with Crippen molar-refractivity contribution < 1.29 is 14.6 Å². The number of aliphatic hydroxyl groups is 1. The second-order valence-corrected chi connectivity index (χ2v) is 3.93. The molecule has 0 saturated heterocycles. The van der Waals surface area contributed by atoms with Crippen molar-refractivity contribution in [1.82, 2.24) is 5.32 Å². The van der Waals surface area contributed by atoms with Crippen LogP contribution < -0.4 is 15.8 Å². The lowest BCUT2D eigenvalue weighted by Crippen LogP contribution is -2.22. The average Bonchev–Trinajstić information content (AvgIpc) is 2.40. The summed E-state index contributed by atoms with van der Waals surface area (Å²) in [7, 11) is 0. The number of benzene rings is 1. The van der Waals surface area contributed by atoms with Gasteiger partial charge in [-0.25, -0.2) is 0 Å². The van der Waals surface area contributed by atoms with E-state index < -0.39 is 0 Å². The van der Waals surface area contributed by atoms with Gasteiger partial charge >= 0.3 is 0 Å². The zero-order valence-electron chi connectivity index (χ0n) is 11.1. The van der Waals surface area contributed by atoms with Crippen molar-refractivity contribution in [1.29, 1.82) is 0 Å². The highest BCUT2D eigenvalue weighted by Crippen LogP contribution is 2.22. The summed E-state index contributed by atoms with van der Waals surface area (Å²) < 4.78 is 5.33. The maximum absolute atomic E-state index is 11.4. The molecular weight excluding hydrogens is 244 g/mol. The molecule has 0 aliphatic carbocycles. The maximum atomic E-state index is 11.4. The van der Waals surface area contributed by atoms with Gasteiger partial charge in [-0.1, -0.05) is 6.07 Å². The van der Waals surface area contributed by atoms with Gasteiger partial charge in [0.15, 0.2) is 0 Å². The molecule has 0 spiro atoms. The molecule has 0 unspecified atom stereocenters. The molecule has 1 rings (SSSR count). The quantitative estimate of drug-likeness (QED) is 0.392. The minimum atomic E-state index is -0.194. The number of anilines is 1. The van der Waals surface area contributed by atoms with Crippen LogP contribution in [-0.4, -0.2) is 30.8 Å². The van der Waals surface area contributed by atoms with E-state index in [1.807, 2.05) is 13.0 Å². The van der Waals surface area contributed by atoms with Crippen molar-refractivity contribution in [3.63, 3.8) is 0 Å². The number of carbonyl (C=O) groups excluding carboxylic acids is 1. The van der Waals surface area contributed by atoms with Crippen LogP contribution in [0.25, 0.3) is 6.08 Å². The predicted molar refractivity (Wildman–Crippen MR) is 75.8 cm³/mol. The Morgan fingerprint density at radius 1 is 1.53 bits per heavy atom. The minimum absolute atomic E-state index is 0.0689. The normalized spacial score (nSPS) is 10.6. The molecule has 0 bridgehead atoms. The highest BCUT2D eigenvalue weighted by Gasteiger charge is 2.00. The van der Waals surface area contributed by atoms with Gasteiger partial charge in [-0.15, -0.1) is 0 Å². The fraction of sp³-hybridized carbons (Fsp3) is 0.357. The Hall–Kier alpha value is -2.01. The fourth-order valence-electron chi connectivity index (χ4n) is 1.48. The average molecular weight is 264 g/mol. The molecule has 5 heteroatoms. The molecule has 0 fully saturated rings. The number of carbonyl (C=O) groups is 1. The first-order valence-corrected chi connectivity index (χ1v) is 6.26. The summed E-state index contributed by atoms with van der Waals surface area (Å²) >= 11 is 0. The summed E-state index contributed by atoms with van der Waals surface area (Å²) in [5.41, 5.74) is 7.20. The molecule has 1 aromatic carbocycles. The Kier molecular flexibility index (Phi) is 6.46. The van der Waals surface area contributed by atoms with Gasteiger partial charge in [-0.2, -0.15) is 0 Å². The van der Waals surface area contributed by atoms with E-state index in [9.17, 15) is 4.79 Å². The summed E-state index contributed by atoms with van der Waals surface area (Å²) in [5.74, 6) is 0.452. The Labute approximate surface area is 113 Å². The third-order valence-corrected chi connectivity index (χ3v) is 2.39. The molecule has 0 aliphatic heterocycles. The van der Waals surface area contributed by atoms with Crippen LogP contribution in [0.4, 0.5) is 5.69 Å². The number of aliphatic hydroxyl groups excluding tert-OH is 1. The van der Waals surface area contributed by atoms with Crippen LogP contribution in [0.5, 0.6) is 5.75 Å². The molecule has 0 aromatic heterocycles. The maximum Gasteiger partial charge on any atom is 0.244 e. The molecule has 104 valence electrons. The van der Waals surface area contributed by atoms with Crippen molar-refractivity contribution >= 4 is 17.7 Å². The van der Waals surface area contributed by atoms with E-state index >= 15 is 0 Å². The summed E-state index contributed by atoms with van der Waals surface area (Å²) in [4.78, 5) is 11.4. The van der Waals surface area contributed by atoms with Gasteiger partial charge in [0, 0.05) is 19.2 Å². The van der Waals surface area contributed by atoms with Crippen LogP contribution in [0.2, 0.25) is 0 Å². The standard InChI is InChI=1S/C14H20N2O3/c1-2-19-13-6-4-11(10-12(13)15)5-7-14(18)16-8-3-9-17/h4-7,10,17H,2-3,8-9,15H2,1H3,(H,16,18)/b7-5-. The van der Waals surface area contributed by atoms with Crippen LogP contribution in [0.15, 0.2) is 24.3 Å². The predicted octanol–water partition coefficient (Wildman–Crippen LogP) is 1.18. The largest absolute Gasteiger partial charge is 0.492 e. The first-order chi connectivity index (χ1) is 9.17. The summed E-state index contributed by atoms with van der Waals surface area (Å²) in [6, 6.07) is 5.36. The number of nitrogens with one attached hydrogen (secondary N) is 1. The second-order valence-electron chi connectivity index (χ2n) is 3.93. The Bertz CT molecular complexity index is 444. The zero-order valence-corrected chi connectivity index (χ0v) is 11.1. The second kappa shape index (κ2) is 8.16. The van der Waals surface area contributed by atoms with E-state index in [1.165, 1.54) is 6.08 Å². The van der Waals surface area contributed by atoms with Gasteiger partial charge in [-0.3, -0.25) is 4.79 Å². The number of nitrogens with two attached hydrogens (primary N) is 1. The van der Waals surface area contributed by atoms with E-state index in [0.717, 1.165) is 5.56 Å². The molecule has 0 heterocycles. The van der Waals surface area contributed by atoms with E-state index in [-0.39, 0.29) is 12.5 Å². The van der Waals surface area contributed by atoms with Crippen molar-refractivity contribution in [2.75, 3.05) is 25.5 Å². The van der Waals surface area contributed by atoms with Crippen molar-refractivity contribution in [2.45, 2.75) is 13.3 Å². The van der Waals surface area contributed by atoms with Crippen molar-refractivity contribution in [3.05, 3.63) is 29.8 Å². The Morgan fingerprint density at radius 2 is 2.32 bits per heavy atom. The van der Waals surface area contributed by atoms with Crippen LogP contribution in [0.3, 0.4) is 0 Å². The lowest BCUT2D eigenvalue weighted by Gasteiger charge is -2.06. The number of rotatable bonds is 7. The Morgan fingerprint density at radius 3 is 2.95 bits per heavy atom. The molecular formula is C14H20N2O3. The van der Waals surface area contributed by atoms with Gasteiger partial charge in [0.05, 0.1) is 12.3 Å². The number of nitrogen functional groups attached to an aromatic ring is 1. The van der Waals surface area contributed by atoms with Crippen molar-refractivity contribution in [2.24, 2.45) is 0 Å². The molecule has 5 nitrogen and oxygen atoms in total. The molecule has 1 aromatic rings. The van der Waals surface area contributed by atoms with Gasteiger partial charge < -0.3 is 20.9 Å². The zero-order chi connectivity index (χ0) is 14.1. The number of hydrogen-bond donors (Lipinski definition) is 3. The topological polar surface area (TPSA) is 84.6 Å². The lowest BCUT2D eigenvalue weighted by atomic mass is 10.1. The number of ether oxygens (including phenoxy) is 1. The van der Waals surface area contributed by atoms with Crippen LogP contribution in [0, 0.1) is 0 Å². The van der Waals surface area contributed by atoms with Crippen LogP contribution in [-0.2, 0) is 4.79 Å².